The molecule has 4 unspecified atom stereocenters. The van der Waals surface area contributed by atoms with Crippen LogP contribution in [0.1, 0.15) is 114 Å². The van der Waals surface area contributed by atoms with Crippen LogP contribution in [-0.2, 0) is 36.8 Å². The number of aliphatic hydroxyl groups excluding tert-OH is 1. The van der Waals surface area contributed by atoms with E-state index in [0.29, 0.717) is 35.5 Å². The van der Waals surface area contributed by atoms with E-state index in [1.54, 1.807) is 55.5 Å². The molecule has 0 spiro atoms. The highest BCUT2D eigenvalue weighted by molar-refractivity contribution is 6.50. The first-order chi connectivity index (χ1) is 42.6. The first-order valence-corrected chi connectivity index (χ1v) is 29.3. The first kappa shape index (κ1) is 58.4. The normalized spacial score (nSPS) is 27.9. The number of aliphatic hydroxyl groups is 1. The number of hydrogen-bond donors (Lipinski definition) is 3. The Morgan fingerprint density at radius 2 is 0.899 bits per heavy atom. The number of carbonyl (C=O) groups excluding carboxylic acids is 8. The maximum atomic E-state index is 14.1. The van der Waals surface area contributed by atoms with E-state index in [1.165, 1.54) is 28.3 Å². The van der Waals surface area contributed by atoms with Crippen molar-refractivity contribution in [1.29, 1.82) is 10.5 Å². The van der Waals surface area contributed by atoms with E-state index in [4.69, 9.17) is 14.2 Å². The zero-order valence-corrected chi connectivity index (χ0v) is 50.2. The summed E-state index contributed by atoms with van der Waals surface area (Å²) in [5.41, 5.74) is 6.30. The van der Waals surface area contributed by atoms with Gasteiger partial charge >= 0.3 is 0 Å². The third kappa shape index (κ3) is 8.06. The van der Waals surface area contributed by atoms with Crippen LogP contribution in [0.4, 0.5) is 0 Å². The average molecular weight is 1200 g/mol. The molecule has 454 valence electrons. The number of allylic oxidation sites excluding steroid dienone is 4. The lowest BCUT2D eigenvalue weighted by Crippen LogP contribution is -2.71. The van der Waals surface area contributed by atoms with Crippen molar-refractivity contribution >= 4 is 46.8 Å². The monoisotopic (exact) mass is 1200 g/mol. The van der Waals surface area contributed by atoms with Crippen molar-refractivity contribution in [2.45, 2.75) is 114 Å². The molecule has 4 aromatic rings. The molecule has 2 fully saturated rings. The molecule has 89 heavy (non-hydrogen) atoms. The van der Waals surface area contributed by atoms with Crippen LogP contribution in [0, 0.1) is 36.5 Å². The van der Waals surface area contributed by atoms with Gasteiger partial charge in [-0.1, -0.05) is 36.4 Å². The maximum Gasteiger partial charge on any atom is 0.261 e. The Hall–Kier alpha value is -9.58. The smallest absolute Gasteiger partial charge is 0.261 e. The van der Waals surface area contributed by atoms with Gasteiger partial charge in [0.05, 0.1) is 79.9 Å². The van der Waals surface area contributed by atoms with Crippen LogP contribution < -0.4 is 9.47 Å². The summed E-state index contributed by atoms with van der Waals surface area (Å²) in [5.74, 6) is -4.34. The van der Waals surface area contributed by atoms with Crippen LogP contribution in [0.15, 0.2) is 106 Å². The van der Waals surface area contributed by atoms with Crippen LogP contribution in [0.5, 0.6) is 23.0 Å². The number of methoxy groups -OCH3 is 3. The van der Waals surface area contributed by atoms with Crippen LogP contribution in [-0.4, -0.2) is 188 Å². The van der Waals surface area contributed by atoms with Crippen molar-refractivity contribution in [2.75, 3.05) is 48.5 Å². The van der Waals surface area contributed by atoms with Crippen LogP contribution in [0.25, 0.3) is 0 Å². The fraction of sp³-hybridized carbons (Fsp3) is 0.373. The molecule has 0 aromatic heterocycles. The number of aryl methyl sites for hydroxylation is 2. The zero-order chi connectivity index (χ0) is 63.4. The fourth-order valence-electron chi connectivity index (χ4n) is 16.5. The number of imide groups is 2. The number of piperazine rings is 2. The van der Waals surface area contributed by atoms with Crippen LogP contribution >= 0.6 is 0 Å². The Labute approximate surface area is 511 Å². The summed E-state index contributed by atoms with van der Waals surface area (Å²) in [6.07, 6.45) is 1.04. The van der Waals surface area contributed by atoms with Gasteiger partial charge in [-0.25, -0.2) is 0 Å². The molecule has 2 saturated heterocycles. The number of benzene rings is 4. The molecule has 3 N–H and O–H groups in total. The lowest BCUT2D eigenvalue weighted by molar-refractivity contribution is -0.134. The van der Waals surface area contributed by atoms with Gasteiger partial charge in [-0.2, -0.15) is 10.5 Å². The largest absolute Gasteiger partial charge is 0.507 e. The number of ketones is 4. The highest BCUT2D eigenvalue weighted by atomic mass is 16.5. The van der Waals surface area contributed by atoms with E-state index in [0.717, 1.165) is 32.1 Å². The summed E-state index contributed by atoms with van der Waals surface area (Å²) in [7, 11) is 8.08. The number of carbonyl (C=O) groups is 8. The van der Waals surface area contributed by atoms with E-state index in [-0.39, 0.29) is 123 Å². The Balaban J connectivity index is 0.000000164. The summed E-state index contributed by atoms with van der Waals surface area (Å²) in [6.45, 7) is 6.09. The highest BCUT2D eigenvalue weighted by Crippen LogP contribution is 2.56. The Morgan fingerprint density at radius 1 is 0.506 bits per heavy atom. The molecule has 4 bridgehead atoms. The minimum atomic E-state index is -1.06. The van der Waals surface area contributed by atoms with Crippen molar-refractivity contribution in [3.63, 3.8) is 0 Å². The topological polar surface area (TPSA) is 292 Å². The molecule has 4 amide bonds. The van der Waals surface area contributed by atoms with Gasteiger partial charge in [-0.3, -0.25) is 67.8 Å². The second kappa shape index (κ2) is 21.1. The molecule has 22 nitrogen and oxygen atoms in total. The van der Waals surface area contributed by atoms with Crippen LogP contribution in [0.3, 0.4) is 0 Å². The standard InChI is InChI=1S/C34H32N4O7.C33H30N4O7/c1-15-10-17-11-21-23(13-35)38-22(27(36(21)3)25(17)29(40)31(15)44-4)12-20-26(30(41)32(45-5)16(2)28(20)39)24(38)14-37-33(42)18-8-6-7-9-19(18)34(37)43;1-14-9-16-10-20-22(12-34)37-21(26(35(20)3)24(16)30(41)31(14)44-4)11-19-25(29(40)28(39)15(2)27(19)38)23(37)13-36-32(42)17-7-5-6-8-18(17)33(36)43/h6-10,21-24,27,40H,11-12,14H2,1-5H3;5-9,20-23,26,38,41H,10-11,13H2,1-4H3/t21-,22?,23?,24-,27-;20-,21?,22?,23-,26-/m00/s1. The SMILES string of the molecule is COC1=C(C)C(=O)C2=C(C1=O)[C@H](CN1C(=O)c3ccccc3C1=O)N1C(C2)[C@H]2c3c(cc(C)c(OC)c3O)C[C@@H](C1C#N)N2C.COc1c(C)cc2c(c1O)[C@@H]1C3CC4=C(C(=O)C(=O)C(C)=C4O)[C@H](CN4C(=O)c5ccccc5C4=O)N3C(C#N)[C@H](C2)N1C. The number of amides is 4. The van der Waals surface area contributed by atoms with E-state index in [2.05, 4.69) is 17.0 Å². The molecule has 8 aliphatic heterocycles. The molecule has 2 aliphatic carbocycles. The van der Waals surface area contributed by atoms with Crippen molar-refractivity contribution in [2.24, 2.45) is 0 Å². The number of hydrogen-bond acceptors (Lipinski definition) is 20. The molecule has 0 saturated carbocycles. The van der Waals surface area contributed by atoms with Gasteiger partial charge in [-0.05, 0) is 114 Å². The number of nitrogens with zero attached hydrogens (tertiary/aromatic N) is 8. The number of rotatable bonds is 7. The first-order valence-electron chi connectivity index (χ1n) is 29.3. The van der Waals surface area contributed by atoms with E-state index in [9.17, 15) is 64.2 Å². The maximum absolute atomic E-state index is 14.1. The van der Waals surface area contributed by atoms with Gasteiger partial charge in [0.15, 0.2) is 34.5 Å². The lowest BCUT2D eigenvalue weighted by atomic mass is 9.69. The molecule has 10 atom stereocenters. The molecule has 22 heteroatoms. The Kier molecular flexibility index (Phi) is 13.8. The summed E-state index contributed by atoms with van der Waals surface area (Å²) >= 11 is 0. The van der Waals surface area contributed by atoms with Gasteiger partial charge < -0.3 is 29.5 Å². The molecular weight excluding hydrogens is 1140 g/mol. The number of fused-ring (bicyclic) bond motifs is 14. The molecule has 10 aliphatic rings. The second-order valence-electron chi connectivity index (χ2n) is 24.4. The number of ether oxygens (including phenoxy) is 3. The van der Waals surface area contributed by atoms with Gasteiger partial charge in [0, 0.05) is 81.8 Å². The van der Waals surface area contributed by atoms with E-state index in [1.807, 2.05) is 54.8 Å². The Morgan fingerprint density at radius 3 is 1.28 bits per heavy atom. The van der Waals surface area contributed by atoms with Crippen molar-refractivity contribution < 1.29 is 67.9 Å². The third-order valence-electron chi connectivity index (χ3n) is 20.4. The van der Waals surface area contributed by atoms with Crippen LogP contribution in [0.2, 0.25) is 0 Å². The predicted molar refractivity (Wildman–Crippen MR) is 314 cm³/mol. The quantitative estimate of drug-likeness (QED) is 0.0933. The van der Waals surface area contributed by atoms with E-state index < -0.39 is 89.3 Å². The number of likely N-dealkylation sites (N-methyl/N-ethyl adjacent to an activating group) is 2. The van der Waals surface area contributed by atoms with Crippen molar-refractivity contribution in [3.8, 4) is 35.1 Å². The summed E-state index contributed by atoms with van der Waals surface area (Å²) in [6, 6.07) is 15.3. The van der Waals surface area contributed by atoms with Gasteiger partial charge in [0.2, 0.25) is 17.3 Å². The summed E-state index contributed by atoms with van der Waals surface area (Å²) < 4.78 is 16.5. The van der Waals surface area contributed by atoms with Gasteiger partial charge in [0.25, 0.3) is 23.6 Å². The summed E-state index contributed by atoms with van der Waals surface area (Å²) in [5, 5.41) is 55.8. The lowest BCUT2D eigenvalue weighted by Gasteiger charge is -2.60. The zero-order valence-electron chi connectivity index (χ0n) is 50.2. The Bertz CT molecular complexity index is 4150. The fourth-order valence-corrected chi connectivity index (χ4v) is 16.5. The molecular formula is C67H62N8O14. The highest BCUT2D eigenvalue weighted by Gasteiger charge is 2.61. The predicted octanol–water partition coefficient (Wildman–Crippen LogP) is 5.15. The number of nitriles is 2. The number of aromatic hydroxyl groups is 2. The van der Waals surface area contributed by atoms with Crippen molar-refractivity contribution in [1.82, 2.24) is 29.4 Å². The molecule has 8 heterocycles. The molecule has 14 rings (SSSR count). The average Bonchev–Trinajstić information content (AvgIpc) is 1.32. The second-order valence-corrected chi connectivity index (χ2v) is 24.4. The molecule has 4 aromatic carbocycles. The minimum absolute atomic E-state index is 0.000264. The summed E-state index contributed by atoms with van der Waals surface area (Å²) in [4.78, 5) is 119. The minimum Gasteiger partial charge on any atom is -0.507 e. The number of phenolic OH excluding ortho intramolecular Hbond substituents is 2. The van der Waals surface area contributed by atoms with Crippen molar-refractivity contribution in [3.05, 3.63) is 161 Å². The van der Waals surface area contributed by atoms with Gasteiger partial charge in [-0.15, -0.1) is 0 Å². The third-order valence-corrected chi connectivity index (χ3v) is 20.4. The molecule has 0 radical (unpaired) electrons. The number of Topliss-reactive ketones (excluding diaryl/α,β-unsaturated/α-hetero) is 4. The van der Waals surface area contributed by atoms with E-state index >= 15 is 0 Å². The van der Waals surface area contributed by atoms with Gasteiger partial charge in [0.1, 0.15) is 17.8 Å². The number of phenols is 2.